The molecule has 0 saturated heterocycles. The monoisotopic (exact) mass is 228 g/mol. The molecule has 0 fully saturated rings. The molecule has 0 aromatic carbocycles. The Morgan fingerprint density at radius 3 is 3.13 bits per heavy atom. The Morgan fingerprint density at radius 2 is 2.47 bits per heavy atom. The fourth-order valence-electron chi connectivity index (χ4n) is 1.07. The van der Waals surface area contributed by atoms with E-state index in [1.54, 1.807) is 6.07 Å². The normalized spacial score (nSPS) is 9.93. The van der Waals surface area contributed by atoms with Crippen molar-refractivity contribution in [2.24, 2.45) is 0 Å². The molecule has 15 heavy (non-hydrogen) atoms. The second-order valence-electron chi connectivity index (χ2n) is 3.20. The highest BCUT2D eigenvalue weighted by atomic mass is 32.1. The van der Waals surface area contributed by atoms with Gasteiger partial charge >= 0.3 is 0 Å². The van der Waals surface area contributed by atoms with Gasteiger partial charge in [0.1, 0.15) is 18.6 Å². The molecule has 0 saturated carbocycles. The van der Waals surface area contributed by atoms with Crippen LogP contribution >= 0.6 is 12.2 Å². The van der Waals surface area contributed by atoms with Crippen LogP contribution < -0.4 is 5.32 Å². The third-order valence-electron chi connectivity index (χ3n) is 1.89. The van der Waals surface area contributed by atoms with Crippen LogP contribution in [-0.2, 0) is 11.3 Å². The van der Waals surface area contributed by atoms with Crippen molar-refractivity contribution in [2.75, 3.05) is 6.54 Å². The van der Waals surface area contributed by atoms with Gasteiger partial charge in [0.05, 0.1) is 0 Å². The van der Waals surface area contributed by atoms with Crippen molar-refractivity contribution < 1.29 is 9.26 Å². The zero-order chi connectivity index (χ0) is 10.9. The van der Waals surface area contributed by atoms with E-state index < -0.39 is 0 Å². The molecule has 1 aromatic heterocycles. The van der Waals surface area contributed by atoms with Gasteiger partial charge in [-0.05, 0) is 18.6 Å². The van der Waals surface area contributed by atoms with Crippen molar-refractivity contribution in [3.63, 3.8) is 0 Å². The summed E-state index contributed by atoms with van der Waals surface area (Å²) < 4.78 is 9.93. The maximum atomic E-state index is 5.26. The van der Waals surface area contributed by atoms with Crippen molar-refractivity contribution in [3.8, 4) is 0 Å². The molecule has 0 radical (unpaired) electrons. The number of thiocarbonyl (C=S) groups is 1. The minimum Gasteiger partial charge on any atom is -0.464 e. The summed E-state index contributed by atoms with van der Waals surface area (Å²) in [5, 5.41) is 7.17. The molecule has 1 rings (SSSR count). The summed E-state index contributed by atoms with van der Waals surface area (Å²) in [6.45, 7) is 3.39. The Bertz CT molecular complexity index is 275. The summed E-state index contributed by atoms with van der Waals surface area (Å²) in [4.78, 5) is 0. The van der Waals surface area contributed by atoms with Crippen molar-refractivity contribution in [1.29, 1.82) is 0 Å². The Hall–Kier alpha value is -1.10. The average Bonchev–Trinajstić information content (AvgIpc) is 2.74. The number of hydrogen-bond donors (Lipinski definition) is 1. The number of hydrogen-bond acceptors (Lipinski definition) is 4. The van der Waals surface area contributed by atoms with E-state index in [0.717, 1.165) is 18.7 Å². The van der Waals surface area contributed by atoms with E-state index in [9.17, 15) is 0 Å². The lowest BCUT2D eigenvalue weighted by molar-refractivity contribution is 0.271. The van der Waals surface area contributed by atoms with Crippen LogP contribution in [0, 0.1) is 0 Å². The highest BCUT2D eigenvalue weighted by Gasteiger charge is 1.99. The first-order valence-corrected chi connectivity index (χ1v) is 5.53. The molecule has 1 heterocycles. The van der Waals surface area contributed by atoms with Crippen LogP contribution in [-0.4, -0.2) is 16.9 Å². The molecule has 1 aromatic rings. The number of nitrogens with zero attached hydrogens (tertiary/aromatic N) is 1. The first-order chi connectivity index (χ1) is 7.33. The minimum absolute atomic E-state index is 0.357. The predicted molar refractivity (Wildman–Crippen MR) is 61.4 cm³/mol. The summed E-state index contributed by atoms with van der Waals surface area (Å²) in [7, 11) is 0. The smallest absolute Gasteiger partial charge is 0.257 e. The van der Waals surface area contributed by atoms with Gasteiger partial charge < -0.3 is 14.6 Å². The number of unbranched alkanes of at least 4 members (excludes halogenated alkanes) is 2. The standard InChI is InChI=1S/C10H16N2O2S/c1-2-3-4-6-11-10(15)13-8-9-5-7-14-12-9/h5,7H,2-4,6,8H2,1H3,(H,11,15). The van der Waals surface area contributed by atoms with E-state index in [2.05, 4.69) is 21.9 Å². The topological polar surface area (TPSA) is 47.3 Å². The number of ether oxygens (including phenoxy) is 1. The predicted octanol–water partition coefficient (Wildman–Crippen LogP) is 2.26. The first kappa shape index (κ1) is 12.0. The zero-order valence-electron chi connectivity index (χ0n) is 8.86. The zero-order valence-corrected chi connectivity index (χ0v) is 9.68. The Morgan fingerprint density at radius 1 is 1.60 bits per heavy atom. The van der Waals surface area contributed by atoms with Gasteiger partial charge in [0.15, 0.2) is 0 Å². The van der Waals surface area contributed by atoms with Crippen LogP contribution in [0.3, 0.4) is 0 Å². The third kappa shape index (κ3) is 5.37. The van der Waals surface area contributed by atoms with Crippen LogP contribution in [0.2, 0.25) is 0 Å². The van der Waals surface area contributed by atoms with Gasteiger partial charge in [0.2, 0.25) is 0 Å². The fraction of sp³-hybridized carbons (Fsp3) is 0.600. The molecule has 0 aliphatic carbocycles. The Kier molecular flexibility index (Phi) is 5.77. The summed E-state index contributed by atoms with van der Waals surface area (Å²) in [5.74, 6) is 0. The lowest BCUT2D eigenvalue weighted by Crippen LogP contribution is -2.24. The van der Waals surface area contributed by atoms with E-state index in [-0.39, 0.29) is 0 Å². The highest BCUT2D eigenvalue weighted by molar-refractivity contribution is 7.80. The van der Waals surface area contributed by atoms with Crippen molar-refractivity contribution in [3.05, 3.63) is 18.0 Å². The molecule has 0 aliphatic heterocycles. The molecule has 0 aliphatic rings. The number of aromatic nitrogens is 1. The van der Waals surface area contributed by atoms with Crippen LogP contribution in [0.25, 0.3) is 0 Å². The van der Waals surface area contributed by atoms with Gasteiger partial charge in [0.25, 0.3) is 5.17 Å². The van der Waals surface area contributed by atoms with E-state index in [0.29, 0.717) is 11.8 Å². The van der Waals surface area contributed by atoms with Gasteiger partial charge in [-0.25, -0.2) is 0 Å². The largest absolute Gasteiger partial charge is 0.464 e. The van der Waals surface area contributed by atoms with Crippen LogP contribution in [0.15, 0.2) is 16.9 Å². The van der Waals surface area contributed by atoms with E-state index in [4.69, 9.17) is 17.0 Å². The molecule has 0 amide bonds. The first-order valence-electron chi connectivity index (χ1n) is 5.13. The SMILES string of the molecule is CCCCCNC(=S)OCc1ccon1. The van der Waals surface area contributed by atoms with E-state index >= 15 is 0 Å². The second-order valence-corrected chi connectivity index (χ2v) is 3.57. The van der Waals surface area contributed by atoms with Crippen LogP contribution in [0.1, 0.15) is 31.9 Å². The number of nitrogens with one attached hydrogen (secondary N) is 1. The van der Waals surface area contributed by atoms with Crippen molar-refractivity contribution in [1.82, 2.24) is 10.5 Å². The molecule has 4 nitrogen and oxygen atoms in total. The molecular formula is C10H16N2O2S. The van der Waals surface area contributed by atoms with Gasteiger partial charge in [-0.2, -0.15) is 0 Å². The van der Waals surface area contributed by atoms with Crippen molar-refractivity contribution in [2.45, 2.75) is 32.8 Å². The lowest BCUT2D eigenvalue weighted by Gasteiger charge is -2.07. The Labute approximate surface area is 95.0 Å². The average molecular weight is 228 g/mol. The summed E-state index contributed by atoms with van der Waals surface area (Å²) >= 11 is 4.98. The maximum Gasteiger partial charge on any atom is 0.257 e. The molecule has 0 spiro atoms. The third-order valence-corrected chi connectivity index (χ3v) is 2.15. The molecule has 84 valence electrons. The summed E-state index contributed by atoms with van der Waals surface area (Å²) in [6, 6.07) is 1.75. The van der Waals surface area contributed by atoms with Gasteiger partial charge in [0, 0.05) is 12.6 Å². The molecule has 0 atom stereocenters. The lowest BCUT2D eigenvalue weighted by atomic mass is 10.2. The quantitative estimate of drug-likeness (QED) is 0.597. The summed E-state index contributed by atoms with van der Waals surface area (Å²) in [5.41, 5.74) is 0.743. The van der Waals surface area contributed by atoms with Crippen LogP contribution in [0.5, 0.6) is 0 Å². The molecule has 0 bridgehead atoms. The molecular weight excluding hydrogens is 212 g/mol. The molecule has 0 unspecified atom stereocenters. The van der Waals surface area contributed by atoms with Crippen molar-refractivity contribution >= 4 is 17.4 Å². The van der Waals surface area contributed by atoms with E-state index in [1.807, 2.05) is 0 Å². The number of rotatable bonds is 6. The minimum atomic E-state index is 0.357. The van der Waals surface area contributed by atoms with Gasteiger partial charge in [-0.3, -0.25) is 0 Å². The Balaban J connectivity index is 2.04. The maximum absolute atomic E-state index is 5.26. The second kappa shape index (κ2) is 7.23. The fourth-order valence-corrected chi connectivity index (χ4v) is 1.23. The molecule has 1 N–H and O–H groups in total. The van der Waals surface area contributed by atoms with Crippen LogP contribution in [0.4, 0.5) is 0 Å². The van der Waals surface area contributed by atoms with Gasteiger partial charge in [-0.1, -0.05) is 24.9 Å². The van der Waals surface area contributed by atoms with E-state index in [1.165, 1.54) is 19.1 Å². The van der Waals surface area contributed by atoms with Gasteiger partial charge in [-0.15, -0.1) is 0 Å². The highest BCUT2D eigenvalue weighted by Crippen LogP contribution is 1.97. The molecule has 5 heteroatoms. The summed E-state index contributed by atoms with van der Waals surface area (Å²) in [6.07, 6.45) is 5.04.